The summed E-state index contributed by atoms with van der Waals surface area (Å²) in [7, 11) is 2.02. The molecular formula is C28H26N4O. The molecule has 164 valence electrons. The number of hydrogen-bond acceptors (Lipinski definition) is 3. The summed E-state index contributed by atoms with van der Waals surface area (Å²) >= 11 is 0. The van der Waals surface area contributed by atoms with Crippen LogP contribution in [0.15, 0.2) is 84.2 Å². The molecule has 3 heterocycles. The van der Waals surface area contributed by atoms with Crippen LogP contribution in [0.4, 0.5) is 0 Å². The van der Waals surface area contributed by atoms with Crippen molar-refractivity contribution in [1.29, 1.82) is 0 Å². The highest BCUT2D eigenvalue weighted by molar-refractivity contribution is 5.63. The van der Waals surface area contributed by atoms with E-state index >= 15 is 0 Å². The van der Waals surface area contributed by atoms with Gasteiger partial charge in [-0.3, -0.25) is 14.3 Å². The third kappa shape index (κ3) is 4.82. The standard InChI is InChI=1S/C28H26N4O/c1-30-16-13-25(19-30)24-11-9-23(10-12-24)18-32-21-29-27-14-17-31(20-26(27)28(32)33)15-5-8-22-6-3-2-4-7-22/h2-4,6-7,9-13,16,19,21H,14-15,17-18,20H2,1H3. The molecule has 0 N–H and O–H groups in total. The monoisotopic (exact) mass is 434 g/mol. The molecular weight excluding hydrogens is 408 g/mol. The smallest absolute Gasteiger partial charge is 0.258 e. The number of hydrogen-bond donors (Lipinski definition) is 0. The van der Waals surface area contributed by atoms with Gasteiger partial charge in [-0.25, -0.2) is 4.98 Å². The summed E-state index contributed by atoms with van der Waals surface area (Å²) in [6.07, 6.45) is 6.61. The second-order valence-electron chi connectivity index (χ2n) is 8.49. The number of nitrogens with zero attached hydrogens (tertiary/aromatic N) is 4. The van der Waals surface area contributed by atoms with Crippen LogP contribution >= 0.6 is 0 Å². The molecule has 33 heavy (non-hydrogen) atoms. The van der Waals surface area contributed by atoms with E-state index < -0.39 is 0 Å². The number of rotatable bonds is 4. The highest BCUT2D eigenvalue weighted by Gasteiger charge is 2.20. The van der Waals surface area contributed by atoms with Crippen LogP contribution in [0.25, 0.3) is 11.1 Å². The number of aryl methyl sites for hydroxylation is 1. The van der Waals surface area contributed by atoms with Crippen molar-refractivity contribution in [2.24, 2.45) is 7.05 Å². The molecule has 1 aliphatic heterocycles. The fraction of sp³-hybridized carbons (Fsp3) is 0.214. The van der Waals surface area contributed by atoms with Crippen LogP contribution in [-0.4, -0.2) is 32.1 Å². The highest BCUT2D eigenvalue weighted by Crippen LogP contribution is 2.20. The molecule has 0 saturated carbocycles. The molecule has 0 unspecified atom stereocenters. The summed E-state index contributed by atoms with van der Waals surface area (Å²) in [6, 6.07) is 20.5. The van der Waals surface area contributed by atoms with Crippen LogP contribution in [0.2, 0.25) is 0 Å². The summed E-state index contributed by atoms with van der Waals surface area (Å²) in [5.74, 6) is 6.44. The van der Waals surface area contributed by atoms with E-state index in [1.165, 1.54) is 11.1 Å². The number of fused-ring (bicyclic) bond motifs is 1. The highest BCUT2D eigenvalue weighted by atomic mass is 16.1. The molecule has 2 aromatic carbocycles. The number of benzene rings is 2. The molecule has 0 amide bonds. The van der Waals surface area contributed by atoms with Gasteiger partial charge in [0.2, 0.25) is 0 Å². The van der Waals surface area contributed by atoms with Gasteiger partial charge in [0.1, 0.15) is 0 Å². The van der Waals surface area contributed by atoms with Crippen molar-refractivity contribution in [2.45, 2.75) is 19.5 Å². The molecule has 0 fully saturated rings. The lowest BCUT2D eigenvalue weighted by molar-refractivity contribution is 0.280. The van der Waals surface area contributed by atoms with Crippen LogP contribution in [0.1, 0.15) is 22.4 Å². The largest absolute Gasteiger partial charge is 0.357 e. The van der Waals surface area contributed by atoms with Crippen LogP contribution in [0.3, 0.4) is 0 Å². The van der Waals surface area contributed by atoms with Gasteiger partial charge < -0.3 is 4.57 Å². The van der Waals surface area contributed by atoms with Crippen molar-refractivity contribution in [1.82, 2.24) is 19.0 Å². The second kappa shape index (κ2) is 9.32. The molecule has 0 atom stereocenters. The maximum absolute atomic E-state index is 13.2. The summed E-state index contributed by atoms with van der Waals surface area (Å²) in [5, 5.41) is 0. The minimum atomic E-state index is 0.0489. The first-order valence-electron chi connectivity index (χ1n) is 11.2. The molecule has 0 bridgehead atoms. The first-order valence-corrected chi connectivity index (χ1v) is 11.2. The van der Waals surface area contributed by atoms with Crippen LogP contribution in [0.5, 0.6) is 0 Å². The normalized spacial score (nSPS) is 13.2. The van der Waals surface area contributed by atoms with E-state index in [1.807, 2.05) is 48.1 Å². The topological polar surface area (TPSA) is 43.1 Å². The van der Waals surface area contributed by atoms with Crippen molar-refractivity contribution in [3.63, 3.8) is 0 Å². The SMILES string of the molecule is Cn1ccc(-c2ccc(Cn3cnc4c(c3=O)CN(CC#Cc3ccccc3)CC4)cc2)c1. The molecule has 0 saturated heterocycles. The van der Waals surface area contributed by atoms with Gasteiger partial charge in [0.25, 0.3) is 5.56 Å². The zero-order valence-corrected chi connectivity index (χ0v) is 18.7. The first-order chi connectivity index (χ1) is 16.2. The van der Waals surface area contributed by atoms with Gasteiger partial charge in [0.15, 0.2) is 0 Å². The van der Waals surface area contributed by atoms with Crippen molar-refractivity contribution in [3.8, 4) is 23.0 Å². The van der Waals surface area contributed by atoms with Crippen molar-refractivity contribution in [2.75, 3.05) is 13.1 Å². The lowest BCUT2D eigenvalue weighted by atomic mass is 10.1. The first kappa shape index (κ1) is 21.0. The summed E-state index contributed by atoms with van der Waals surface area (Å²) in [5.41, 5.74) is 6.22. The molecule has 5 heteroatoms. The Morgan fingerprint density at radius 2 is 1.82 bits per heavy atom. The zero-order chi connectivity index (χ0) is 22.6. The Morgan fingerprint density at radius 3 is 2.58 bits per heavy atom. The van der Waals surface area contributed by atoms with Gasteiger partial charge >= 0.3 is 0 Å². The van der Waals surface area contributed by atoms with E-state index in [0.29, 0.717) is 19.6 Å². The Kier molecular flexibility index (Phi) is 5.93. The fourth-order valence-corrected chi connectivity index (χ4v) is 4.20. The Bertz CT molecular complexity index is 1370. The van der Waals surface area contributed by atoms with E-state index in [0.717, 1.165) is 35.3 Å². The van der Waals surface area contributed by atoms with E-state index in [-0.39, 0.29) is 5.56 Å². The average Bonchev–Trinajstić information content (AvgIpc) is 3.28. The Balaban J connectivity index is 1.29. The van der Waals surface area contributed by atoms with Crippen molar-refractivity contribution in [3.05, 3.63) is 112 Å². The van der Waals surface area contributed by atoms with E-state index in [4.69, 9.17) is 0 Å². The molecule has 0 radical (unpaired) electrons. The predicted octanol–water partition coefficient (Wildman–Crippen LogP) is 3.71. The minimum Gasteiger partial charge on any atom is -0.357 e. The van der Waals surface area contributed by atoms with Gasteiger partial charge in [-0.05, 0) is 34.9 Å². The van der Waals surface area contributed by atoms with Crippen molar-refractivity contribution >= 4 is 0 Å². The lowest BCUT2D eigenvalue weighted by Crippen LogP contribution is -2.38. The molecule has 4 aromatic rings. The predicted molar refractivity (Wildman–Crippen MR) is 131 cm³/mol. The van der Waals surface area contributed by atoms with E-state index in [2.05, 4.69) is 58.3 Å². The Labute approximate surface area is 194 Å². The second-order valence-corrected chi connectivity index (χ2v) is 8.49. The maximum atomic E-state index is 13.2. The average molecular weight is 435 g/mol. The fourth-order valence-electron chi connectivity index (χ4n) is 4.20. The Hall–Kier alpha value is -3.88. The van der Waals surface area contributed by atoms with Crippen LogP contribution in [0, 0.1) is 11.8 Å². The molecule has 5 rings (SSSR count). The van der Waals surface area contributed by atoms with Gasteiger partial charge in [0.05, 0.1) is 30.7 Å². The minimum absolute atomic E-state index is 0.0489. The summed E-state index contributed by atoms with van der Waals surface area (Å²) in [6.45, 7) is 2.62. The van der Waals surface area contributed by atoms with Crippen LogP contribution < -0.4 is 5.56 Å². The van der Waals surface area contributed by atoms with Crippen molar-refractivity contribution < 1.29 is 0 Å². The van der Waals surface area contributed by atoms with Gasteiger partial charge in [-0.2, -0.15) is 0 Å². The zero-order valence-electron chi connectivity index (χ0n) is 18.7. The molecule has 5 nitrogen and oxygen atoms in total. The Morgan fingerprint density at radius 1 is 1.00 bits per heavy atom. The van der Waals surface area contributed by atoms with Gasteiger partial charge in [0, 0.05) is 44.5 Å². The van der Waals surface area contributed by atoms with Gasteiger partial charge in [-0.15, -0.1) is 0 Å². The molecule has 0 aliphatic carbocycles. The molecule has 1 aliphatic rings. The maximum Gasteiger partial charge on any atom is 0.258 e. The quantitative estimate of drug-likeness (QED) is 0.460. The summed E-state index contributed by atoms with van der Waals surface area (Å²) < 4.78 is 3.76. The lowest BCUT2D eigenvalue weighted by Gasteiger charge is -2.26. The molecule has 2 aromatic heterocycles. The number of aromatic nitrogens is 3. The van der Waals surface area contributed by atoms with E-state index in [1.54, 1.807) is 10.9 Å². The van der Waals surface area contributed by atoms with E-state index in [9.17, 15) is 4.79 Å². The third-order valence-electron chi connectivity index (χ3n) is 6.05. The van der Waals surface area contributed by atoms with Crippen LogP contribution in [-0.2, 0) is 26.6 Å². The molecule has 0 spiro atoms. The third-order valence-corrected chi connectivity index (χ3v) is 6.05. The van der Waals surface area contributed by atoms with Gasteiger partial charge in [-0.1, -0.05) is 54.3 Å². The summed E-state index contributed by atoms with van der Waals surface area (Å²) in [4.78, 5) is 20.0.